The Kier molecular flexibility index (Phi) is 5.57. The maximum Gasteiger partial charge on any atom is 0.304 e. The molecule has 17 heavy (non-hydrogen) atoms. The molecule has 102 valence electrons. The van der Waals surface area contributed by atoms with Crippen molar-refractivity contribution in [2.75, 3.05) is 20.6 Å². The third kappa shape index (κ3) is 4.25. The number of carboxylic acids is 1. The van der Waals surface area contributed by atoms with E-state index < -0.39 is 21.7 Å². The fraction of sp³-hybridized carbons (Fsp3) is 0.900. The summed E-state index contributed by atoms with van der Waals surface area (Å²) in [4.78, 5) is 10.4. The molecule has 0 unspecified atom stereocenters. The van der Waals surface area contributed by atoms with E-state index in [4.69, 9.17) is 5.11 Å². The van der Waals surface area contributed by atoms with Crippen LogP contribution in [0.25, 0.3) is 0 Å². The minimum Gasteiger partial charge on any atom is -0.481 e. The van der Waals surface area contributed by atoms with Crippen LogP contribution in [0.2, 0.25) is 0 Å². The molecule has 0 spiro atoms. The Morgan fingerprint density at radius 1 is 1.29 bits per heavy atom. The minimum atomic E-state index is -3.60. The molecule has 0 heterocycles. The van der Waals surface area contributed by atoms with Gasteiger partial charge in [-0.15, -0.1) is 0 Å². The maximum atomic E-state index is 12.1. The van der Waals surface area contributed by atoms with Crippen molar-refractivity contribution < 1.29 is 18.3 Å². The maximum absolute atomic E-state index is 12.1. The van der Waals surface area contributed by atoms with E-state index in [0.717, 1.165) is 4.31 Å². The first-order chi connectivity index (χ1) is 7.55. The summed E-state index contributed by atoms with van der Waals surface area (Å²) in [7, 11) is -0.702. The van der Waals surface area contributed by atoms with Gasteiger partial charge in [0.1, 0.15) is 0 Å². The molecule has 0 bridgehead atoms. The van der Waals surface area contributed by atoms with E-state index >= 15 is 0 Å². The molecule has 0 radical (unpaired) electrons. The van der Waals surface area contributed by atoms with Crippen LogP contribution in [0.1, 0.15) is 33.6 Å². The first-order valence-corrected chi connectivity index (χ1v) is 6.87. The van der Waals surface area contributed by atoms with Crippen LogP contribution in [0.5, 0.6) is 0 Å². The van der Waals surface area contributed by atoms with E-state index in [2.05, 4.69) is 0 Å². The summed E-state index contributed by atoms with van der Waals surface area (Å²) in [6.07, 6.45) is 0.478. The Balaban J connectivity index is 4.83. The SMILES string of the molecule is CCC(C)(C)N(C)S(=O)(=O)N(C)CCC(=O)O. The zero-order valence-corrected chi connectivity index (χ0v) is 11.9. The van der Waals surface area contributed by atoms with E-state index in [0.29, 0.717) is 6.42 Å². The predicted molar refractivity (Wildman–Crippen MR) is 65.9 cm³/mol. The van der Waals surface area contributed by atoms with Gasteiger partial charge < -0.3 is 5.11 Å². The van der Waals surface area contributed by atoms with Gasteiger partial charge in [0.15, 0.2) is 0 Å². The predicted octanol–water partition coefficient (Wildman–Crippen LogP) is 0.758. The van der Waals surface area contributed by atoms with Gasteiger partial charge in [0.05, 0.1) is 6.42 Å². The first kappa shape index (κ1) is 16.3. The molecule has 0 aromatic carbocycles. The van der Waals surface area contributed by atoms with Crippen molar-refractivity contribution in [1.29, 1.82) is 0 Å². The van der Waals surface area contributed by atoms with E-state index in [1.54, 1.807) is 0 Å². The van der Waals surface area contributed by atoms with Crippen molar-refractivity contribution >= 4 is 16.2 Å². The number of carboxylic acid groups (broad SMARTS) is 1. The van der Waals surface area contributed by atoms with Crippen LogP contribution in [0.3, 0.4) is 0 Å². The monoisotopic (exact) mass is 266 g/mol. The van der Waals surface area contributed by atoms with Crippen molar-refractivity contribution in [3.05, 3.63) is 0 Å². The van der Waals surface area contributed by atoms with Crippen molar-refractivity contribution in [2.45, 2.75) is 39.2 Å². The van der Waals surface area contributed by atoms with Gasteiger partial charge in [-0.3, -0.25) is 4.79 Å². The molecule has 7 heteroatoms. The molecule has 0 saturated carbocycles. The summed E-state index contributed by atoms with van der Waals surface area (Å²) < 4.78 is 26.6. The second kappa shape index (κ2) is 5.79. The lowest BCUT2D eigenvalue weighted by molar-refractivity contribution is -0.137. The number of rotatable bonds is 7. The fourth-order valence-corrected chi connectivity index (χ4v) is 2.61. The molecule has 0 aliphatic rings. The normalized spacial score (nSPS) is 13.4. The largest absolute Gasteiger partial charge is 0.481 e. The molecule has 0 aromatic heterocycles. The van der Waals surface area contributed by atoms with Crippen molar-refractivity contribution in [2.24, 2.45) is 0 Å². The Bertz CT molecular complexity index is 365. The topological polar surface area (TPSA) is 77.9 Å². The van der Waals surface area contributed by atoms with E-state index in [1.165, 1.54) is 18.4 Å². The molecule has 1 N–H and O–H groups in total. The zero-order chi connectivity index (χ0) is 13.9. The molecule has 0 amide bonds. The number of aliphatic carboxylic acids is 1. The molecule has 0 atom stereocenters. The van der Waals surface area contributed by atoms with Gasteiger partial charge in [0.25, 0.3) is 10.2 Å². The Labute approximate surface area is 103 Å². The average molecular weight is 266 g/mol. The summed E-state index contributed by atoms with van der Waals surface area (Å²) in [5, 5.41) is 8.54. The fourth-order valence-electron chi connectivity index (χ4n) is 1.11. The minimum absolute atomic E-state index is 0.0260. The van der Waals surface area contributed by atoms with Crippen LogP contribution in [-0.2, 0) is 15.0 Å². The van der Waals surface area contributed by atoms with Crippen LogP contribution in [0, 0.1) is 0 Å². The van der Waals surface area contributed by atoms with Crippen LogP contribution in [-0.4, -0.2) is 54.3 Å². The molecule has 0 aromatic rings. The van der Waals surface area contributed by atoms with Crippen LogP contribution >= 0.6 is 0 Å². The molecule has 0 aliphatic carbocycles. The van der Waals surface area contributed by atoms with Crippen LogP contribution < -0.4 is 0 Å². The Morgan fingerprint density at radius 2 is 1.76 bits per heavy atom. The molecule has 0 rings (SSSR count). The molecular weight excluding hydrogens is 244 g/mol. The summed E-state index contributed by atoms with van der Waals surface area (Å²) >= 11 is 0. The van der Waals surface area contributed by atoms with Crippen molar-refractivity contribution in [1.82, 2.24) is 8.61 Å². The van der Waals surface area contributed by atoms with Gasteiger partial charge in [-0.2, -0.15) is 17.0 Å². The quantitative estimate of drug-likeness (QED) is 0.738. The Hall–Kier alpha value is -0.660. The highest BCUT2D eigenvalue weighted by molar-refractivity contribution is 7.86. The lowest BCUT2D eigenvalue weighted by Crippen LogP contribution is -2.50. The average Bonchev–Trinajstić information content (AvgIpc) is 2.24. The summed E-state index contributed by atoms with van der Waals surface area (Å²) in [6, 6.07) is 0. The van der Waals surface area contributed by atoms with Crippen molar-refractivity contribution in [3.63, 3.8) is 0 Å². The smallest absolute Gasteiger partial charge is 0.304 e. The standard InChI is InChI=1S/C10H22N2O4S/c1-6-10(2,3)12(5)17(15,16)11(4)8-7-9(13)14/h6-8H2,1-5H3,(H,13,14). The number of nitrogens with zero attached hydrogens (tertiary/aromatic N) is 2. The molecule has 0 saturated heterocycles. The van der Waals surface area contributed by atoms with Gasteiger partial charge in [-0.25, -0.2) is 0 Å². The van der Waals surface area contributed by atoms with Gasteiger partial charge in [-0.1, -0.05) is 6.92 Å². The molecule has 6 nitrogen and oxygen atoms in total. The van der Waals surface area contributed by atoms with Gasteiger partial charge in [-0.05, 0) is 20.3 Å². The van der Waals surface area contributed by atoms with Gasteiger partial charge in [0, 0.05) is 26.2 Å². The first-order valence-electron chi connectivity index (χ1n) is 5.47. The van der Waals surface area contributed by atoms with Crippen LogP contribution in [0.15, 0.2) is 0 Å². The molecular formula is C10H22N2O4S. The highest BCUT2D eigenvalue weighted by atomic mass is 32.2. The van der Waals surface area contributed by atoms with Crippen molar-refractivity contribution in [3.8, 4) is 0 Å². The lowest BCUT2D eigenvalue weighted by Gasteiger charge is -2.36. The Morgan fingerprint density at radius 3 is 2.12 bits per heavy atom. The summed E-state index contributed by atoms with van der Waals surface area (Å²) in [5.74, 6) is -1.01. The number of hydrogen-bond acceptors (Lipinski definition) is 3. The van der Waals surface area contributed by atoms with E-state index in [9.17, 15) is 13.2 Å². The van der Waals surface area contributed by atoms with Gasteiger partial charge >= 0.3 is 5.97 Å². The number of hydrogen-bond donors (Lipinski definition) is 1. The highest BCUT2D eigenvalue weighted by Gasteiger charge is 2.34. The molecule has 0 aliphatic heterocycles. The van der Waals surface area contributed by atoms with Crippen LogP contribution in [0.4, 0.5) is 0 Å². The van der Waals surface area contributed by atoms with E-state index in [-0.39, 0.29) is 13.0 Å². The zero-order valence-electron chi connectivity index (χ0n) is 11.1. The lowest BCUT2D eigenvalue weighted by atomic mass is 10.0. The van der Waals surface area contributed by atoms with E-state index in [1.807, 2.05) is 20.8 Å². The molecule has 0 fully saturated rings. The summed E-state index contributed by atoms with van der Waals surface area (Å²) in [6.45, 7) is 5.54. The summed E-state index contributed by atoms with van der Waals surface area (Å²) in [5.41, 5.74) is -0.490. The second-order valence-corrected chi connectivity index (χ2v) is 6.67. The second-order valence-electron chi connectivity index (χ2n) is 4.61. The van der Waals surface area contributed by atoms with Gasteiger partial charge in [0.2, 0.25) is 0 Å². The third-order valence-electron chi connectivity index (χ3n) is 3.10. The number of carbonyl (C=O) groups is 1. The third-order valence-corrected chi connectivity index (χ3v) is 5.25. The highest BCUT2D eigenvalue weighted by Crippen LogP contribution is 2.21.